The van der Waals surface area contributed by atoms with Crippen LogP contribution in [-0.2, 0) is 10.8 Å². The van der Waals surface area contributed by atoms with Gasteiger partial charge in [0.05, 0.1) is 0 Å². The Morgan fingerprint density at radius 1 is 0.960 bits per heavy atom. The summed E-state index contributed by atoms with van der Waals surface area (Å²) >= 11 is 5.58. The van der Waals surface area contributed by atoms with Crippen LogP contribution in [0.4, 0.5) is 10.1 Å². The second kappa shape index (κ2) is 6.21. The molecule has 0 amide bonds. The lowest BCUT2D eigenvalue weighted by Gasteiger charge is -2.42. The molecule has 0 aliphatic heterocycles. The van der Waals surface area contributed by atoms with Crippen LogP contribution in [0.5, 0.6) is 0 Å². The highest BCUT2D eigenvalue weighted by molar-refractivity contribution is 7.81. The molecule has 1 N–H and O–H groups in total. The molecule has 1 nitrogen and oxygen atoms in total. The van der Waals surface area contributed by atoms with Crippen molar-refractivity contribution >= 4 is 22.9 Å². The van der Waals surface area contributed by atoms with Gasteiger partial charge in [-0.05, 0) is 65.5 Å². The van der Waals surface area contributed by atoms with Gasteiger partial charge in [0.25, 0.3) is 0 Å². The van der Waals surface area contributed by atoms with E-state index in [1.165, 1.54) is 30.0 Å². The van der Waals surface area contributed by atoms with Crippen molar-refractivity contribution < 1.29 is 4.39 Å². The molecule has 1 aliphatic carbocycles. The molecule has 3 heteroatoms. The molecule has 0 unspecified atom stereocenters. The predicted octanol–water partition coefficient (Wildman–Crippen LogP) is 6.27. The molecule has 3 rings (SSSR count). The zero-order valence-electron chi connectivity index (χ0n) is 15.7. The minimum Gasteiger partial charge on any atom is -0.346 e. The summed E-state index contributed by atoms with van der Waals surface area (Å²) in [5, 5.41) is 3.17. The Bertz CT molecular complexity index is 836. The zero-order valence-corrected chi connectivity index (χ0v) is 16.5. The van der Waals surface area contributed by atoms with Gasteiger partial charge >= 0.3 is 0 Å². The maximum atomic E-state index is 13.8. The van der Waals surface area contributed by atoms with Crippen LogP contribution in [0.2, 0.25) is 0 Å². The Kier molecular flexibility index (Phi) is 4.48. The van der Waals surface area contributed by atoms with Crippen LogP contribution in [0.25, 0.3) is 0 Å². The van der Waals surface area contributed by atoms with Crippen LogP contribution >= 0.6 is 12.2 Å². The number of anilines is 1. The smallest absolute Gasteiger partial charge is 0.128 e. The summed E-state index contributed by atoms with van der Waals surface area (Å²) in [6, 6.07) is 11.6. The first-order valence-corrected chi connectivity index (χ1v) is 9.23. The number of aryl methyl sites for hydroxylation is 1. The number of fused-ring (bicyclic) bond motifs is 1. The van der Waals surface area contributed by atoms with Crippen molar-refractivity contribution in [2.45, 2.75) is 58.3 Å². The molecule has 25 heavy (non-hydrogen) atoms. The van der Waals surface area contributed by atoms with Crippen molar-refractivity contribution in [2.75, 3.05) is 5.32 Å². The lowest BCUT2D eigenvalue weighted by atomic mass is 9.63. The van der Waals surface area contributed by atoms with Crippen molar-refractivity contribution in [1.82, 2.24) is 0 Å². The summed E-state index contributed by atoms with van der Waals surface area (Å²) in [5.41, 5.74) is 5.43. The van der Waals surface area contributed by atoms with Crippen molar-refractivity contribution in [3.8, 4) is 0 Å². The normalized spacial score (nSPS) is 17.7. The van der Waals surface area contributed by atoms with Gasteiger partial charge in [0, 0.05) is 11.3 Å². The van der Waals surface area contributed by atoms with Crippen LogP contribution < -0.4 is 5.32 Å². The SMILES string of the molecule is Cc1ccc(NC(=S)c2ccc3c(c2)C(C)(C)CCC3(C)C)cc1F. The largest absolute Gasteiger partial charge is 0.346 e. The molecule has 0 saturated carbocycles. The van der Waals surface area contributed by atoms with Crippen LogP contribution in [0.3, 0.4) is 0 Å². The minimum atomic E-state index is -0.221. The fraction of sp³-hybridized carbons (Fsp3) is 0.409. The molecule has 2 aromatic carbocycles. The first-order chi connectivity index (χ1) is 11.6. The molecular formula is C22H26FNS. The zero-order chi connectivity index (χ0) is 18.4. The maximum absolute atomic E-state index is 13.8. The molecule has 0 atom stereocenters. The average Bonchev–Trinajstić information content (AvgIpc) is 2.55. The quantitative estimate of drug-likeness (QED) is 0.637. The standard InChI is InChI=1S/C22H26FNS/c1-14-6-8-16(13-19(14)23)24-20(25)15-7-9-17-18(12-15)22(4,5)11-10-21(17,2)3/h6-9,12-13H,10-11H2,1-5H3,(H,24,25). The minimum absolute atomic E-state index is 0.145. The van der Waals surface area contributed by atoms with Crippen molar-refractivity contribution in [2.24, 2.45) is 0 Å². The third kappa shape index (κ3) is 3.48. The molecule has 0 spiro atoms. The molecule has 0 radical (unpaired) electrons. The van der Waals surface area contributed by atoms with Crippen LogP contribution in [0.15, 0.2) is 36.4 Å². The molecule has 132 valence electrons. The highest BCUT2D eigenvalue weighted by Gasteiger charge is 2.37. The van der Waals surface area contributed by atoms with Crippen molar-refractivity contribution in [3.63, 3.8) is 0 Å². The first-order valence-electron chi connectivity index (χ1n) is 8.83. The van der Waals surface area contributed by atoms with Gasteiger partial charge in [0.2, 0.25) is 0 Å². The molecule has 1 aliphatic rings. The first kappa shape index (κ1) is 18.1. The number of hydrogen-bond donors (Lipinski definition) is 1. The molecular weight excluding hydrogens is 329 g/mol. The number of hydrogen-bond acceptors (Lipinski definition) is 1. The Balaban J connectivity index is 1.93. The van der Waals surface area contributed by atoms with E-state index in [0.29, 0.717) is 16.2 Å². The molecule has 0 fully saturated rings. The van der Waals surface area contributed by atoms with Gasteiger partial charge in [-0.2, -0.15) is 0 Å². The van der Waals surface area contributed by atoms with Gasteiger partial charge < -0.3 is 5.32 Å². The summed E-state index contributed by atoms with van der Waals surface area (Å²) in [6.45, 7) is 11.0. The second-order valence-electron chi connectivity index (χ2n) is 8.45. The van der Waals surface area contributed by atoms with E-state index >= 15 is 0 Å². The number of rotatable bonds is 2. The Labute approximate surface area is 155 Å². The fourth-order valence-electron chi connectivity index (χ4n) is 3.60. The van der Waals surface area contributed by atoms with E-state index in [4.69, 9.17) is 12.2 Å². The van der Waals surface area contributed by atoms with Gasteiger partial charge in [-0.1, -0.05) is 58.1 Å². The second-order valence-corrected chi connectivity index (χ2v) is 8.85. The van der Waals surface area contributed by atoms with Gasteiger partial charge in [0.1, 0.15) is 10.8 Å². The topological polar surface area (TPSA) is 12.0 Å². The lowest BCUT2D eigenvalue weighted by Crippen LogP contribution is -2.34. The van der Waals surface area contributed by atoms with E-state index in [0.717, 1.165) is 5.56 Å². The molecule has 0 bridgehead atoms. The van der Waals surface area contributed by atoms with Gasteiger partial charge in [-0.3, -0.25) is 0 Å². The summed E-state index contributed by atoms with van der Waals surface area (Å²) in [4.78, 5) is 0.630. The van der Waals surface area contributed by atoms with Gasteiger partial charge in [-0.15, -0.1) is 0 Å². The monoisotopic (exact) mass is 355 g/mol. The van der Waals surface area contributed by atoms with Crippen molar-refractivity contribution in [3.05, 3.63) is 64.5 Å². The molecule has 0 heterocycles. The fourth-order valence-corrected chi connectivity index (χ4v) is 3.85. The van der Waals surface area contributed by atoms with E-state index in [-0.39, 0.29) is 16.6 Å². The highest BCUT2D eigenvalue weighted by atomic mass is 32.1. The summed E-state index contributed by atoms with van der Waals surface area (Å²) in [6.07, 6.45) is 2.36. The van der Waals surface area contributed by atoms with Crippen LogP contribution in [-0.4, -0.2) is 4.99 Å². The third-order valence-electron chi connectivity index (χ3n) is 5.54. The number of benzene rings is 2. The number of thiocarbonyl (C=S) groups is 1. The Morgan fingerprint density at radius 2 is 1.60 bits per heavy atom. The lowest BCUT2D eigenvalue weighted by molar-refractivity contribution is 0.332. The predicted molar refractivity (Wildman–Crippen MR) is 108 cm³/mol. The van der Waals surface area contributed by atoms with Crippen molar-refractivity contribution in [1.29, 1.82) is 0 Å². The Morgan fingerprint density at radius 3 is 2.24 bits per heavy atom. The van der Waals surface area contributed by atoms with Gasteiger partial charge in [0.15, 0.2) is 0 Å². The Hall–Kier alpha value is -1.74. The van der Waals surface area contributed by atoms with Gasteiger partial charge in [-0.25, -0.2) is 4.39 Å². The number of nitrogens with one attached hydrogen (secondary N) is 1. The van der Waals surface area contributed by atoms with Crippen LogP contribution in [0, 0.1) is 12.7 Å². The van der Waals surface area contributed by atoms with E-state index in [1.807, 2.05) is 6.07 Å². The molecule has 0 saturated heterocycles. The van der Waals surface area contributed by atoms with E-state index < -0.39 is 0 Å². The maximum Gasteiger partial charge on any atom is 0.128 e. The summed E-state index contributed by atoms with van der Waals surface area (Å²) < 4.78 is 13.8. The summed E-state index contributed by atoms with van der Waals surface area (Å²) in [7, 11) is 0. The van der Waals surface area contributed by atoms with E-state index in [1.54, 1.807) is 13.0 Å². The average molecular weight is 356 g/mol. The molecule has 0 aromatic heterocycles. The third-order valence-corrected chi connectivity index (χ3v) is 5.88. The van der Waals surface area contributed by atoms with E-state index in [2.05, 4.69) is 51.2 Å². The summed E-state index contributed by atoms with van der Waals surface area (Å²) in [5.74, 6) is -0.221. The van der Waals surface area contributed by atoms with Crippen LogP contribution in [0.1, 0.15) is 62.8 Å². The number of halogens is 1. The highest BCUT2D eigenvalue weighted by Crippen LogP contribution is 2.45. The molecule has 2 aromatic rings. The van der Waals surface area contributed by atoms with E-state index in [9.17, 15) is 4.39 Å².